The van der Waals surface area contributed by atoms with Crippen LogP contribution in [0.2, 0.25) is 0 Å². The lowest BCUT2D eigenvalue weighted by atomic mass is 9.81. The van der Waals surface area contributed by atoms with Gasteiger partial charge in [0.15, 0.2) is 5.03 Å². The second-order valence-electron chi connectivity index (χ2n) is 5.99. The highest BCUT2D eigenvalue weighted by Crippen LogP contribution is 2.29. The van der Waals surface area contributed by atoms with Crippen LogP contribution in [0.15, 0.2) is 11.2 Å². The molecule has 1 saturated carbocycles. The Bertz CT molecular complexity index is 530. The fraction of sp³-hybridized carbons (Fsp3) is 0.769. The minimum atomic E-state index is -3.52. The first-order valence-corrected chi connectivity index (χ1v) is 8.60. The third kappa shape index (κ3) is 3.59. The molecule has 1 aromatic rings. The van der Waals surface area contributed by atoms with Gasteiger partial charge in [-0.25, -0.2) is 13.1 Å². The molecule has 1 heterocycles. The number of hydrogen-bond acceptors (Lipinski definition) is 4. The number of nitrogens with one attached hydrogen (secondary N) is 3. The lowest BCUT2D eigenvalue weighted by molar-refractivity contribution is 0.257. The quantitative estimate of drug-likeness (QED) is 0.763. The normalized spacial score (nSPS) is 27.6. The van der Waals surface area contributed by atoms with Crippen molar-refractivity contribution in [3.8, 4) is 0 Å². The second-order valence-corrected chi connectivity index (χ2v) is 7.64. The van der Waals surface area contributed by atoms with Crippen molar-refractivity contribution in [2.45, 2.75) is 50.7 Å². The molecule has 0 spiro atoms. The van der Waals surface area contributed by atoms with Gasteiger partial charge in [-0.15, -0.1) is 0 Å². The van der Waals surface area contributed by atoms with Gasteiger partial charge in [0.1, 0.15) is 0 Å². The number of rotatable bonds is 5. The van der Waals surface area contributed by atoms with E-state index in [1.807, 2.05) is 0 Å². The zero-order chi connectivity index (χ0) is 14.8. The van der Waals surface area contributed by atoms with Gasteiger partial charge < -0.3 is 5.32 Å². The summed E-state index contributed by atoms with van der Waals surface area (Å²) in [7, 11) is -1.75. The van der Waals surface area contributed by atoms with E-state index in [1.165, 1.54) is 6.42 Å². The third-order valence-corrected chi connectivity index (χ3v) is 5.35. The van der Waals surface area contributed by atoms with Gasteiger partial charge >= 0.3 is 0 Å². The molecule has 3 N–H and O–H groups in total. The molecule has 0 radical (unpaired) electrons. The summed E-state index contributed by atoms with van der Waals surface area (Å²) in [5, 5.41) is 9.57. The van der Waals surface area contributed by atoms with Crippen LogP contribution in [0.4, 0.5) is 0 Å². The lowest BCUT2D eigenvalue weighted by Crippen LogP contribution is -2.40. The average Bonchev–Trinajstić information content (AvgIpc) is 2.76. The molecule has 0 saturated heterocycles. The molecule has 2 rings (SSSR count). The van der Waals surface area contributed by atoms with Crippen molar-refractivity contribution in [2.75, 3.05) is 7.05 Å². The maximum absolute atomic E-state index is 12.5. The Morgan fingerprint density at radius 1 is 1.30 bits per heavy atom. The Hall–Kier alpha value is -0.920. The van der Waals surface area contributed by atoms with Gasteiger partial charge in [-0.05, 0) is 38.1 Å². The van der Waals surface area contributed by atoms with E-state index in [4.69, 9.17) is 0 Å². The van der Waals surface area contributed by atoms with Crippen LogP contribution in [-0.4, -0.2) is 31.7 Å². The summed E-state index contributed by atoms with van der Waals surface area (Å²) in [6.07, 6.45) is 4.53. The van der Waals surface area contributed by atoms with E-state index in [0.717, 1.165) is 12.8 Å². The number of sulfonamides is 1. The minimum absolute atomic E-state index is 0.0180. The maximum Gasteiger partial charge on any atom is 0.258 e. The number of hydrogen-bond donors (Lipinski definition) is 3. The molecule has 20 heavy (non-hydrogen) atoms. The van der Waals surface area contributed by atoms with Crippen molar-refractivity contribution in [3.05, 3.63) is 11.8 Å². The van der Waals surface area contributed by atoms with Crippen LogP contribution in [0, 0.1) is 11.8 Å². The minimum Gasteiger partial charge on any atom is -0.316 e. The Morgan fingerprint density at radius 2 is 1.95 bits per heavy atom. The molecule has 1 aliphatic carbocycles. The Kier molecular flexibility index (Phi) is 4.82. The van der Waals surface area contributed by atoms with Crippen LogP contribution in [0.25, 0.3) is 0 Å². The summed E-state index contributed by atoms with van der Waals surface area (Å²) in [6.45, 7) is 4.84. The van der Waals surface area contributed by atoms with Crippen molar-refractivity contribution < 1.29 is 8.42 Å². The van der Waals surface area contributed by atoms with Gasteiger partial charge in [-0.3, -0.25) is 5.10 Å². The molecular weight excluding hydrogens is 276 g/mol. The molecule has 2 unspecified atom stereocenters. The van der Waals surface area contributed by atoms with Crippen LogP contribution in [0.3, 0.4) is 0 Å². The topological polar surface area (TPSA) is 86.9 Å². The molecule has 0 aromatic carbocycles. The monoisotopic (exact) mass is 300 g/mol. The predicted octanol–water partition coefficient (Wildman–Crippen LogP) is 1.23. The van der Waals surface area contributed by atoms with Crippen molar-refractivity contribution in [3.63, 3.8) is 0 Å². The van der Waals surface area contributed by atoms with Crippen molar-refractivity contribution in [1.29, 1.82) is 0 Å². The van der Waals surface area contributed by atoms with Crippen LogP contribution in [0.1, 0.15) is 38.7 Å². The zero-order valence-corrected chi connectivity index (χ0v) is 13.1. The fourth-order valence-corrected chi connectivity index (χ4v) is 4.56. The summed E-state index contributed by atoms with van der Waals surface area (Å²) in [6, 6.07) is 0.0180. The summed E-state index contributed by atoms with van der Waals surface area (Å²) in [5.41, 5.74) is 0.664. The molecule has 1 aliphatic rings. The maximum atomic E-state index is 12.5. The summed E-state index contributed by atoms with van der Waals surface area (Å²) in [4.78, 5) is 0. The van der Waals surface area contributed by atoms with E-state index in [0.29, 0.717) is 23.9 Å². The predicted molar refractivity (Wildman–Crippen MR) is 77.6 cm³/mol. The third-order valence-electron chi connectivity index (χ3n) is 3.81. The standard InChI is InChI=1S/C13H24N4O2S/c1-9-4-10(2)6-12(5-9)17-20(18,19)13-11(7-14-3)8-15-16-13/h8-10,12,14,17H,4-7H2,1-3H3,(H,15,16). The Labute approximate surface area is 120 Å². The van der Waals surface area contributed by atoms with E-state index in [1.54, 1.807) is 13.2 Å². The summed E-state index contributed by atoms with van der Waals surface area (Å²) in [5.74, 6) is 1.12. The highest BCUT2D eigenvalue weighted by atomic mass is 32.2. The summed E-state index contributed by atoms with van der Waals surface area (Å²) < 4.78 is 27.8. The van der Waals surface area contributed by atoms with E-state index in [9.17, 15) is 8.42 Å². The molecule has 1 fully saturated rings. The number of H-pyrrole nitrogens is 1. The first-order valence-electron chi connectivity index (χ1n) is 7.11. The largest absolute Gasteiger partial charge is 0.316 e. The molecule has 114 valence electrons. The van der Waals surface area contributed by atoms with Crippen LogP contribution >= 0.6 is 0 Å². The van der Waals surface area contributed by atoms with E-state index in [-0.39, 0.29) is 11.1 Å². The number of aromatic amines is 1. The average molecular weight is 300 g/mol. The van der Waals surface area contributed by atoms with Gasteiger partial charge in [0.25, 0.3) is 10.0 Å². The molecule has 2 atom stereocenters. The first kappa shape index (κ1) is 15.5. The molecule has 1 aromatic heterocycles. The van der Waals surface area contributed by atoms with Gasteiger partial charge in [0.2, 0.25) is 0 Å². The molecule has 0 aliphatic heterocycles. The van der Waals surface area contributed by atoms with E-state index < -0.39 is 10.0 Å². The highest BCUT2D eigenvalue weighted by molar-refractivity contribution is 7.89. The molecule has 7 heteroatoms. The Balaban J connectivity index is 2.12. The second kappa shape index (κ2) is 6.24. The van der Waals surface area contributed by atoms with Gasteiger partial charge in [0.05, 0.1) is 6.20 Å². The number of aromatic nitrogens is 2. The molecule has 0 bridgehead atoms. The van der Waals surface area contributed by atoms with Gasteiger partial charge in [-0.1, -0.05) is 13.8 Å². The molecule has 0 amide bonds. The van der Waals surface area contributed by atoms with Gasteiger partial charge in [0, 0.05) is 18.2 Å². The van der Waals surface area contributed by atoms with Crippen molar-refractivity contribution in [1.82, 2.24) is 20.2 Å². The van der Waals surface area contributed by atoms with Crippen molar-refractivity contribution >= 4 is 10.0 Å². The van der Waals surface area contributed by atoms with Crippen LogP contribution < -0.4 is 10.0 Å². The first-order chi connectivity index (χ1) is 9.42. The van der Waals surface area contributed by atoms with Crippen LogP contribution in [-0.2, 0) is 16.6 Å². The molecule has 6 nitrogen and oxygen atoms in total. The Morgan fingerprint density at radius 3 is 2.55 bits per heavy atom. The summed E-state index contributed by atoms with van der Waals surface area (Å²) >= 11 is 0. The SMILES string of the molecule is CNCc1cn[nH]c1S(=O)(=O)NC1CC(C)CC(C)C1. The molecular formula is C13H24N4O2S. The highest BCUT2D eigenvalue weighted by Gasteiger charge is 2.29. The van der Waals surface area contributed by atoms with E-state index >= 15 is 0 Å². The fourth-order valence-electron chi connectivity index (χ4n) is 3.17. The lowest BCUT2D eigenvalue weighted by Gasteiger charge is -2.31. The van der Waals surface area contributed by atoms with Gasteiger partial charge in [-0.2, -0.15) is 5.10 Å². The van der Waals surface area contributed by atoms with Crippen molar-refractivity contribution in [2.24, 2.45) is 11.8 Å². The number of nitrogens with zero attached hydrogens (tertiary/aromatic N) is 1. The van der Waals surface area contributed by atoms with Crippen LogP contribution in [0.5, 0.6) is 0 Å². The smallest absolute Gasteiger partial charge is 0.258 e. The van der Waals surface area contributed by atoms with E-state index in [2.05, 4.69) is 34.1 Å². The zero-order valence-electron chi connectivity index (χ0n) is 12.3.